The summed E-state index contributed by atoms with van der Waals surface area (Å²) >= 11 is 0. The maximum absolute atomic E-state index is 6.25. The molecule has 0 spiro atoms. The van der Waals surface area contributed by atoms with Crippen molar-refractivity contribution in [2.45, 2.75) is 18.9 Å². The number of hydrogen-bond acceptors (Lipinski definition) is 3. The van der Waals surface area contributed by atoms with Gasteiger partial charge in [0.25, 0.3) is 0 Å². The highest BCUT2D eigenvalue weighted by atomic mass is 16.5. The summed E-state index contributed by atoms with van der Waals surface area (Å²) in [6.45, 7) is 3.11. The van der Waals surface area contributed by atoms with Crippen LogP contribution in [-0.2, 0) is 9.47 Å². The van der Waals surface area contributed by atoms with Crippen LogP contribution in [0.15, 0.2) is 42.5 Å². The number of nitrogens with two attached hydrogens (primary N) is 1. The number of fused-ring (bicyclic) bond motifs is 1. The second-order valence-electron chi connectivity index (χ2n) is 5.81. The van der Waals surface area contributed by atoms with Crippen LogP contribution >= 0.6 is 0 Å². The number of hydrogen-bond donors (Lipinski definition) is 1. The lowest BCUT2D eigenvalue weighted by atomic mass is 10.0. The molecule has 0 amide bonds. The van der Waals surface area contributed by atoms with Crippen LogP contribution in [-0.4, -0.2) is 26.4 Å². The Morgan fingerprint density at radius 1 is 1.10 bits per heavy atom. The Kier molecular flexibility index (Phi) is 4.86. The molecule has 2 aromatic carbocycles. The minimum Gasteiger partial charge on any atom is -0.381 e. The van der Waals surface area contributed by atoms with Crippen LogP contribution in [0.5, 0.6) is 0 Å². The van der Waals surface area contributed by atoms with E-state index in [0.29, 0.717) is 12.5 Å². The van der Waals surface area contributed by atoms with Crippen molar-refractivity contribution in [3.63, 3.8) is 0 Å². The molecule has 112 valence electrons. The molecule has 0 radical (unpaired) electrons. The van der Waals surface area contributed by atoms with E-state index in [1.54, 1.807) is 0 Å². The van der Waals surface area contributed by atoms with Crippen LogP contribution < -0.4 is 5.73 Å². The molecule has 0 saturated carbocycles. The third-order valence-electron chi connectivity index (χ3n) is 4.19. The minimum absolute atomic E-state index is 0.0607. The van der Waals surface area contributed by atoms with Gasteiger partial charge in [0.15, 0.2) is 0 Å². The fourth-order valence-electron chi connectivity index (χ4n) is 2.81. The van der Waals surface area contributed by atoms with E-state index in [2.05, 4.69) is 42.5 Å². The van der Waals surface area contributed by atoms with Crippen molar-refractivity contribution in [1.29, 1.82) is 0 Å². The number of benzene rings is 2. The molecule has 2 aromatic rings. The average molecular weight is 285 g/mol. The highest BCUT2D eigenvalue weighted by Crippen LogP contribution is 2.20. The number of ether oxygens (including phenoxy) is 2. The topological polar surface area (TPSA) is 44.5 Å². The Bertz CT molecular complexity index is 578. The standard InChI is InChI=1S/C18H23NO2/c19-18(13-21-12-14-7-9-20-10-8-14)17-6-5-15-3-1-2-4-16(15)11-17/h1-6,11,14,18H,7-10,12-13,19H2. The fraction of sp³-hybridized carbons (Fsp3) is 0.444. The summed E-state index contributed by atoms with van der Waals surface area (Å²) in [6, 6.07) is 14.7. The molecule has 1 aliphatic rings. The van der Waals surface area contributed by atoms with Crippen molar-refractivity contribution in [3.8, 4) is 0 Å². The van der Waals surface area contributed by atoms with Gasteiger partial charge in [0.05, 0.1) is 12.6 Å². The first kappa shape index (κ1) is 14.5. The molecular formula is C18H23NO2. The van der Waals surface area contributed by atoms with Gasteiger partial charge < -0.3 is 15.2 Å². The highest BCUT2D eigenvalue weighted by molar-refractivity contribution is 5.83. The Morgan fingerprint density at radius 3 is 2.67 bits per heavy atom. The van der Waals surface area contributed by atoms with Gasteiger partial charge in [-0.05, 0) is 41.2 Å². The molecule has 1 fully saturated rings. The zero-order valence-corrected chi connectivity index (χ0v) is 12.3. The average Bonchev–Trinajstić information content (AvgIpc) is 2.55. The van der Waals surface area contributed by atoms with E-state index in [0.717, 1.165) is 38.2 Å². The molecular weight excluding hydrogens is 262 g/mol. The van der Waals surface area contributed by atoms with Crippen molar-refractivity contribution in [1.82, 2.24) is 0 Å². The van der Waals surface area contributed by atoms with Gasteiger partial charge in [-0.25, -0.2) is 0 Å². The van der Waals surface area contributed by atoms with Crippen LogP contribution in [0.4, 0.5) is 0 Å². The van der Waals surface area contributed by atoms with Crippen molar-refractivity contribution in [2.75, 3.05) is 26.4 Å². The Hall–Kier alpha value is -1.42. The van der Waals surface area contributed by atoms with E-state index in [1.165, 1.54) is 10.8 Å². The molecule has 0 aliphatic carbocycles. The summed E-state index contributed by atoms with van der Waals surface area (Å²) < 4.78 is 11.2. The molecule has 1 unspecified atom stereocenters. The molecule has 3 nitrogen and oxygen atoms in total. The molecule has 1 atom stereocenters. The van der Waals surface area contributed by atoms with Gasteiger partial charge >= 0.3 is 0 Å². The monoisotopic (exact) mass is 285 g/mol. The molecule has 1 aliphatic heterocycles. The summed E-state index contributed by atoms with van der Waals surface area (Å²) in [5.41, 5.74) is 7.39. The Labute approximate surface area is 126 Å². The quantitative estimate of drug-likeness (QED) is 0.917. The summed E-state index contributed by atoms with van der Waals surface area (Å²) in [7, 11) is 0. The zero-order chi connectivity index (χ0) is 14.5. The van der Waals surface area contributed by atoms with Crippen LogP contribution in [0.25, 0.3) is 10.8 Å². The summed E-state index contributed by atoms with van der Waals surface area (Å²) in [5, 5.41) is 2.48. The molecule has 21 heavy (non-hydrogen) atoms. The summed E-state index contributed by atoms with van der Waals surface area (Å²) in [5.74, 6) is 0.627. The SMILES string of the molecule is NC(COCC1CCOCC1)c1ccc2ccccc2c1. The fourth-order valence-corrected chi connectivity index (χ4v) is 2.81. The van der Waals surface area contributed by atoms with Crippen molar-refractivity contribution in [2.24, 2.45) is 11.7 Å². The van der Waals surface area contributed by atoms with Crippen LogP contribution in [0.1, 0.15) is 24.4 Å². The van der Waals surface area contributed by atoms with Crippen molar-refractivity contribution in [3.05, 3.63) is 48.0 Å². The van der Waals surface area contributed by atoms with Gasteiger partial charge in [0.1, 0.15) is 0 Å². The smallest absolute Gasteiger partial charge is 0.0659 e. The predicted octanol–water partition coefficient (Wildman–Crippen LogP) is 3.28. The minimum atomic E-state index is -0.0607. The number of rotatable bonds is 5. The van der Waals surface area contributed by atoms with Crippen LogP contribution in [0.3, 0.4) is 0 Å². The molecule has 2 N–H and O–H groups in total. The van der Waals surface area contributed by atoms with Crippen LogP contribution in [0, 0.1) is 5.92 Å². The lowest BCUT2D eigenvalue weighted by molar-refractivity contribution is 0.0174. The lowest BCUT2D eigenvalue weighted by Crippen LogP contribution is -2.23. The first-order valence-electron chi connectivity index (χ1n) is 7.73. The predicted molar refractivity (Wildman–Crippen MR) is 85.2 cm³/mol. The lowest BCUT2D eigenvalue weighted by Gasteiger charge is -2.22. The zero-order valence-electron chi connectivity index (χ0n) is 12.3. The Morgan fingerprint density at radius 2 is 1.86 bits per heavy atom. The third kappa shape index (κ3) is 3.82. The van der Waals surface area contributed by atoms with Gasteiger partial charge in [-0.1, -0.05) is 36.4 Å². The third-order valence-corrected chi connectivity index (χ3v) is 4.19. The van der Waals surface area contributed by atoms with Crippen LogP contribution in [0.2, 0.25) is 0 Å². The van der Waals surface area contributed by atoms with Gasteiger partial charge in [0, 0.05) is 19.8 Å². The highest BCUT2D eigenvalue weighted by Gasteiger charge is 2.15. The largest absolute Gasteiger partial charge is 0.381 e. The molecule has 3 heteroatoms. The second-order valence-corrected chi connectivity index (χ2v) is 5.81. The van der Waals surface area contributed by atoms with Gasteiger partial charge in [-0.3, -0.25) is 0 Å². The first-order valence-corrected chi connectivity index (χ1v) is 7.73. The van der Waals surface area contributed by atoms with E-state index >= 15 is 0 Å². The molecule has 3 rings (SSSR count). The Balaban J connectivity index is 1.54. The van der Waals surface area contributed by atoms with E-state index in [4.69, 9.17) is 15.2 Å². The van der Waals surface area contributed by atoms with E-state index in [9.17, 15) is 0 Å². The maximum Gasteiger partial charge on any atom is 0.0659 e. The first-order chi connectivity index (χ1) is 10.3. The van der Waals surface area contributed by atoms with Crippen molar-refractivity contribution >= 4 is 10.8 Å². The molecule has 1 heterocycles. The van der Waals surface area contributed by atoms with E-state index in [1.807, 2.05) is 0 Å². The normalized spacial score (nSPS) is 18.0. The maximum atomic E-state index is 6.25. The van der Waals surface area contributed by atoms with Gasteiger partial charge in [0.2, 0.25) is 0 Å². The van der Waals surface area contributed by atoms with Gasteiger partial charge in [-0.15, -0.1) is 0 Å². The molecule has 1 saturated heterocycles. The second kappa shape index (κ2) is 7.03. The summed E-state index contributed by atoms with van der Waals surface area (Å²) in [4.78, 5) is 0. The van der Waals surface area contributed by atoms with E-state index < -0.39 is 0 Å². The van der Waals surface area contributed by atoms with E-state index in [-0.39, 0.29) is 6.04 Å². The molecule has 0 aromatic heterocycles. The summed E-state index contributed by atoms with van der Waals surface area (Å²) in [6.07, 6.45) is 2.20. The molecule has 0 bridgehead atoms. The van der Waals surface area contributed by atoms with Gasteiger partial charge in [-0.2, -0.15) is 0 Å². The van der Waals surface area contributed by atoms with Crippen molar-refractivity contribution < 1.29 is 9.47 Å².